The number of sulfone groups is 1. The number of nitrogens with one attached hydrogen (secondary N) is 2. The van der Waals surface area contributed by atoms with E-state index in [9.17, 15) is 13.2 Å². The fourth-order valence-corrected chi connectivity index (χ4v) is 3.01. The third-order valence-electron chi connectivity index (χ3n) is 4.94. The van der Waals surface area contributed by atoms with E-state index in [1.807, 2.05) is 0 Å². The first kappa shape index (κ1) is 20.1. The van der Waals surface area contributed by atoms with Gasteiger partial charge in [-0.25, -0.2) is 23.2 Å². The van der Waals surface area contributed by atoms with Crippen LogP contribution in [0.1, 0.15) is 32.4 Å². The number of carbonyl (C=O) groups excluding carboxylic acids is 1. The van der Waals surface area contributed by atoms with Crippen LogP contribution in [-0.4, -0.2) is 37.2 Å². The van der Waals surface area contributed by atoms with E-state index in [0.29, 0.717) is 35.2 Å². The van der Waals surface area contributed by atoms with Crippen molar-refractivity contribution >= 4 is 27.4 Å². The predicted octanol–water partition coefficient (Wildman–Crippen LogP) is 2.54. The zero-order chi connectivity index (χ0) is 20.5. The monoisotopic (exact) mass is 403 g/mol. The van der Waals surface area contributed by atoms with Gasteiger partial charge in [-0.2, -0.15) is 0 Å². The summed E-state index contributed by atoms with van der Waals surface area (Å²) >= 11 is 0. The standard InChI is InChI=1S/C19H25N5O3S/c1-19(2,28(3,26)27)15-10-16(20)24-17(23-15)13-6-8-14(9-7-13)22-18(25)21-11-12-4-5-12/h6-10,12H,4-5,11H2,1-3H3,(H2,20,23,24)(H2,21,22,25). The summed E-state index contributed by atoms with van der Waals surface area (Å²) in [7, 11) is -3.40. The summed E-state index contributed by atoms with van der Waals surface area (Å²) in [5.74, 6) is 1.13. The molecule has 0 unspecified atom stereocenters. The number of nitrogens with two attached hydrogens (primary N) is 1. The van der Waals surface area contributed by atoms with Crippen LogP contribution in [0.3, 0.4) is 0 Å². The van der Waals surface area contributed by atoms with Gasteiger partial charge in [0.25, 0.3) is 0 Å². The molecule has 9 heteroatoms. The summed E-state index contributed by atoms with van der Waals surface area (Å²) < 4.78 is 23.0. The van der Waals surface area contributed by atoms with Crippen molar-refractivity contribution in [3.63, 3.8) is 0 Å². The van der Waals surface area contributed by atoms with E-state index in [1.54, 1.807) is 38.1 Å². The Kier molecular flexibility index (Phi) is 5.29. The van der Waals surface area contributed by atoms with Gasteiger partial charge in [0.1, 0.15) is 10.6 Å². The van der Waals surface area contributed by atoms with Crippen molar-refractivity contribution in [2.45, 2.75) is 31.4 Å². The molecule has 1 aliphatic rings. The minimum absolute atomic E-state index is 0.193. The number of nitrogen functional groups attached to an aromatic ring is 1. The van der Waals surface area contributed by atoms with E-state index < -0.39 is 14.6 Å². The maximum atomic E-state index is 12.1. The zero-order valence-electron chi connectivity index (χ0n) is 16.2. The van der Waals surface area contributed by atoms with Crippen LogP contribution in [0.15, 0.2) is 30.3 Å². The van der Waals surface area contributed by atoms with Crippen molar-refractivity contribution in [2.75, 3.05) is 23.9 Å². The van der Waals surface area contributed by atoms with Crippen molar-refractivity contribution < 1.29 is 13.2 Å². The Labute approximate surface area is 164 Å². The van der Waals surface area contributed by atoms with E-state index in [2.05, 4.69) is 20.6 Å². The molecule has 0 bridgehead atoms. The number of anilines is 2. The molecule has 1 heterocycles. The number of aromatic nitrogens is 2. The molecule has 28 heavy (non-hydrogen) atoms. The second-order valence-corrected chi connectivity index (χ2v) is 10.2. The second-order valence-electron chi connectivity index (χ2n) is 7.64. The predicted molar refractivity (Wildman–Crippen MR) is 109 cm³/mol. The molecule has 1 aromatic heterocycles. The first-order chi connectivity index (χ1) is 13.1. The molecule has 3 rings (SSSR count). The summed E-state index contributed by atoms with van der Waals surface area (Å²) in [5.41, 5.74) is 7.52. The van der Waals surface area contributed by atoms with Gasteiger partial charge in [0.15, 0.2) is 15.7 Å². The Morgan fingerprint density at radius 2 is 1.86 bits per heavy atom. The molecule has 0 spiro atoms. The van der Waals surface area contributed by atoms with E-state index in [4.69, 9.17) is 5.73 Å². The number of nitrogens with zero attached hydrogens (tertiary/aromatic N) is 2. The third kappa shape index (κ3) is 4.59. The van der Waals surface area contributed by atoms with Crippen LogP contribution in [0.25, 0.3) is 11.4 Å². The largest absolute Gasteiger partial charge is 0.384 e. The van der Waals surface area contributed by atoms with Crippen LogP contribution in [0, 0.1) is 5.92 Å². The molecule has 1 saturated carbocycles. The van der Waals surface area contributed by atoms with Crippen molar-refractivity contribution in [2.24, 2.45) is 5.92 Å². The smallest absolute Gasteiger partial charge is 0.319 e. The molecular weight excluding hydrogens is 378 g/mol. The van der Waals surface area contributed by atoms with Crippen molar-refractivity contribution in [3.05, 3.63) is 36.0 Å². The molecular formula is C19H25N5O3S. The Morgan fingerprint density at radius 1 is 1.21 bits per heavy atom. The van der Waals surface area contributed by atoms with E-state index in [1.165, 1.54) is 25.2 Å². The number of urea groups is 1. The molecule has 150 valence electrons. The number of hydrogen-bond donors (Lipinski definition) is 3. The van der Waals surface area contributed by atoms with Crippen LogP contribution >= 0.6 is 0 Å². The van der Waals surface area contributed by atoms with Crippen molar-refractivity contribution in [1.29, 1.82) is 0 Å². The first-order valence-corrected chi connectivity index (χ1v) is 11.0. The highest BCUT2D eigenvalue weighted by Gasteiger charge is 2.34. The molecule has 2 aromatic rings. The molecule has 0 aliphatic heterocycles. The normalized spacial score (nSPS) is 14.5. The lowest BCUT2D eigenvalue weighted by molar-refractivity contribution is 0.251. The Hall–Kier alpha value is -2.68. The Balaban J connectivity index is 1.78. The summed E-state index contributed by atoms with van der Waals surface area (Å²) in [6.45, 7) is 3.86. The summed E-state index contributed by atoms with van der Waals surface area (Å²) in [4.78, 5) is 20.5. The first-order valence-electron chi connectivity index (χ1n) is 9.06. The van der Waals surface area contributed by atoms with Gasteiger partial charge in [-0.05, 0) is 56.9 Å². The van der Waals surface area contributed by atoms with E-state index >= 15 is 0 Å². The molecule has 1 aromatic carbocycles. The number of benzene rings is 1. The van der Waals surface area contributed by atoms with Gasteiger partial charge in [0.2, 0.25) is 0 Å². The average Bonchev–Trinajstić information content (AvgIpc) is 3.43. The molecule has 0 radical (unpaired) electrons. The molecule has 0 atom stereocenters. The summed E-state index contributed by atoms with van der Waals surface area (Å²) in [6.07, 6.45) is 3.51. The van der Waals surface area contributed by atoms with Crippen molar-refractivity contribution in [3.8, 4) is 11.4 Å². The number of hydrogen-bond acceptors (Lipinski definition) is 6. The lowest BCUT2D eigenvalue weighted by Crippen LogP contribution is -2.30. The van der Waals surface area contributed by atoms with Gasteiger partial charge < -0.3 is 16.4 Å². The maximum absolute atomic E-state index is 12.1. The van der Waals surface area contributed by atoms with Gasteiger partial charge in [0, 0.05) is 30.1 Å². The van der Waals surface area contributed by atoms with Gasteiger partial charge in [0.05, 0.1) is 5.69 Å². The lowest BCUT2D eigenvalue weighted by Gasteiger charge is -2.22. The van der Waals surface area contributed by atoms with E-state index in [-0.39, 0.29) is 11.8 Å². The SMILES string of the molecule is CC(C)(c1cc(N)nc(-c2ccc(NC(=O)NCC3CC3)cc2)n1)S(C)(=O)=O. The minimum atomic E-state index is -3.40. The highest BCUT2D eigenvalue weighted by atomic mass is 32.2. The van der Waals surface area contributed by atoms with Gasteiger partial charge in [-0.3, -0.25) is 0 Å². The van der Waals surface area contributed by atoms with Crippen LogP contribution in [0.4, 0.5) is 16.3 Å². The minimum Gasteiger partial charge on any atom is -0.384 e. The van der Waals surface area contributed by atoms with E-state index in [0.717, 1.165) is 0 Å². The quantitative estimate of drug-likeness (QED) is 0.680. The Bertz CT molecular complexity index is 983. The lowest BCUT2D eigenvalue weighted by atomic mass is 10.1. The van der Waals surface area contributed by atoms with Crippen LogP contribution < -0.4 is 16.4 Å². The molecule has 1 aliphatic carbocycles. The fraction of sp³-hybridized carbons (Fsp3) is 0.421. The zero-order valence-corrected chi connectivity index (χ0v) is 17.0. The maximum Gasteiger partial charge on any atom is 0.319 e. The molecule has 8 nitrogen and oxygen atoms in total. The molecule has 4 N–H and O–H groups in total. The number of carbonyl (C=O) groups is 1. The molecule has 0 saturated heterocycles. The molecule has 2 amide bonds. The number of rotatable bonds is 6. The topological polar surface area (TPSA) is 127 Å². The van der Waals surface area contributed by atoms with Crippen LogP contribution in [0.5, 0.6) is 0 Å². The summed E-state index contributed by atoms with van der Waals surface area (Å²) in [6, 6.07) is 8.22. The van der Waals surface area contributed by atoms with Gasteiger partial charge in [-0.1, -0.05) is 0 Å². The van der Waals surface area contributed by atoms with Gasteiger partial charge >= 0.3 is 6.03 Å². The Morgan fingerprint density at radius 3 is 2.43 bits per heavy atom. The highest BCUT2D eigenvalue weighted by molar-refractivity contribution is 7.91. The van der Waals surface area contributed by atoms with Crippen LogP contribution in [0.2, 0.25) is 0 Å². The second kappa shape index (κ2) is 7.38. The fourth-order valence-electron chi connectivity index (χ4n) is 2.53. The van der Waals surface area contributed by atoms with Crippen LogP contribution in [-0.2, 0) is 14.6 Å². The van der Waals surface area contributed by atoms with Gasteiger partial charge in [-0.15, -0.1) is 0 Å². The van der Waals surface area contributed by atoms with Crippen molar-refractivity contribution in [1.82, 2.24) is 15.3 Å². The average molecular weight is 404 g/mol. The number of amides is 2. The molecule has 1 fully saturated rings. The third-order valence-corrected chi connectivity index (χ3v) is 7.00. The summed E-state index contributed by atoms with van der Waals surface area (Å²) in [5, 5.41) is 5.61. The highest BCUT2D eigenvalue weighted by Crippen LogP contribution is 2.30.